The standard InChI is InChI=1S/C19H28N4O2S/c1-13(19(25)23-11-2-3-12-23)26-18-16(5-4-10-21-18)17(24)22-15-8-6-14(20)7-9-15/h4-5,10,13-15H,2-3,6-9,11-12,20H2,1H3,(H,22,24). The smallest absolute Gasteiger partial charge is 0.254 e. The molecule has 0 radical (unpaired) electrons. The second-order valence-corrected chi connectivity index (χ2v) is 8.56. The summed E-state index contributed by atoms with van der Waals surface area (Å²) in [4.78, 5) is 31.5. The lowest BCUT2D eigenvalue weighted by atomic mass is 9.92. The molecule has 1 atom stereocenters. The van der Waals surface area contributed by atoms with Gasteiger partial charge >= 0.3 is 0 Å². The van der Waals surface area contributed by atoms with Crippen LogP contribution in [0.2, 0.25) is 0 Å². The number of pyridine rings is 1. The Morgan fingerprint density at radius 3 is 2.65 bits per heavy atom. The lowest BCUT2D eigenvalue weighted by Gasteiger charge is -2.27. The normalized spacial score (nSPS) is 24.3. The van der Waals surface area contributed by atoms with E-state index in [0.717, 1.165) is 51.6 Å². The molecule has 142 valence electrons. The van der Waals surface area contributed by atoms with Gasteiger partial charge in [0, 0.05) is 31.4 Å². The van der Waals surface area contributed by atoms with Crippen molar-refractivity contribution in [3.63, 3.8) is 0 Å². The van der Waals surface area contributed by atoms with E-state index in [1.54, 1.807) is 18.3 Å². The topological polar surface area (TPSA) is 88.3 Å². The summed E-state index contributed by atoms with van der Waals surface area (Å²) in [5, 5.41) is 3.49. The van der Waals surface area contributed by atoms with Crippen LogP contribution in [-0.4, -0.2) is 52.1 Å². The molecule has 1 aromatic rings. The summed E-state index contributed by atoms with van der Waals surface area (Å²) >= 11 is 1.37. The molecule has 2 aliphatic rings. The molecule has 1 unspecified atom stereocenters. The van der Waals surface area contributed by atoms with E-state index in [4.69, 9.17) is 5.73 Å². The molecule has 1 saturated carbocycles. The SMILES string of the molecule is CC(Sc1ncccc1C(=O)NC1CCC(N)CC1)C(=O)N1CCCC1. The molecule has 7 heteroatoms. The number of nitrogens with one attached hydrogen (secondary N) is 1. The molecule has 0 spiro atoms. The Morgan fingerprint density at radius 2 is 1.96 bits per heavy atom. The lowest BCUT2D eigenvalue weighted by Crippen LogP contribution is -2.40. The summed E-state index contributed by atoms with van der Waals surface area (Å²) in [7, 11) is 0. The fourth-order valence-electron chi connectivity index (χ4n) is 3.60. The number of amides is 2. The van der Waals surface area contributed by atoms with E-state index in [2.05, 4.69) is 10.3 Å². The summed E-state index contributed by atoms with van der Waals surface area (Å²) in [5.41, 5.74) is 6.49. The number of hydrogen-bond acceptors (Lipinski definition) is 5. The Bertz CT molecular complexity index is 640. The van der Waals surface area contributed by atoms with Crippen LogP contribution < -0.4 is 11.1 Å². The van der Waals surface area contributed by atoms with Gasteiger partial charge in [-0.15, -0.1) is 0 Å². The van der Waals surface area contributed by atoms with Gasteiger partial charge in [-0.1, -0.05) is 11.8 Å². The number of rotatable bonds is 5. The number of nitrogens with two attached hydrogens (primary N) is 1. The van der Waals surface area contributed by atoms with E-state index in [1.807, 2.05) is 11.8 Å². The molecule has 1 aliphatic heterocycles. The Kier molecular flexibility index (Phi) is 6.53. The lowest BCUT2D eigenvalue weighted by molar-refractivity contribution is -0.129. The molecule has 3 rings (SSSR count). The monoisotopic (exact) mass is 376 g/mol. The third kappa shape index (κ3) is 4.76. The molecular formula is C19H28N4O2S. The summed E-state index contributed by atoms with van der Waals surface area (Å²) in [6.07, 6.45) is 7.55. The molecule has 26 heavy (non-hydrogen) atoms. The summed E-state index contributed by atoms with van der Waals surface area (Å²) in [6, 6.07) is 3.98. The third-order valence-electron chi connectivity index (χ3n) is 5.18. The van der Waals surface area contributed by atoms with Crippen molar-refractivity contribution in [1.82, 2.24) is 15.2 Å². The molecule has 1 aromatic heterocycles. The van der Waals surface area contributed by atoms with E-state index < -0.39 is 0 Å². The van der Waals surface area contributed by atoms with Gasteiger partial charge in [0.1, 0.15) is 5.03 Å². The van der Waals surface area contributed by atoms with Gasteiger partial charge in [-0.2, -0.15) is 0 Å². The van der Waals surface area contributed by atoms with Crippen LogP contribution in [0.4, 0.5) is 0 Å². The highest BCUT2D eigenvalue weighted by molar-refractivity contribution is 8.00. The molecule has 6 nitrogen and oxygen atoms in total. The highest BCUT2D eigenvalue weighted by Gasteiger charge is 2.27. The first-order valence-corrected chi connectivity index (χ1v) is 10.4. The van der Waals surface area contributed by atoms with Gasteiger partial charge in [-0.25, -0.2) is 4.98 Å². The van der Waals surface area contributed by atoms with Crippen LogP contribution in [0.15, 0.2) is 23.4 Å². The van der Waals surface area contributed by atoms with Gasteiger partial charge in [0.15, 0.2) is 0 Å². The van der Waals surface area contributed by atoms with Crippen LogP contribution in [0.25, 0.3) is 0 Å². The van der Waals surface area contributed by atoms with Gasteiger partial charge in [0.05, 0.1) is 10.8 Å². The molecule has 2 heterocycles. The van der Waals surface area contributed by atoms with Crippen molar-refractivity contribution in [3.05, 3.63) is 23.9 Å². The maximum Gasteiger partial charge on any atom is 0.254 e. The average Bonchev–Trinajstić information content (AvgIpc) is 3.18. The largest absolute Gasteiger partial charge is 0.349 e. The molecule has 2 fully saturated rings. The van der Waals surface area contributed by atoms with E-state index in [1.165, 1.54) is 11.8 Å². The Morgan fingerprint density at radius 1 is 1.27 bits per heavy atom. The fraction of sp³-hybridized carbons (Fsp3) is 0.632. The van der Waals surface area contributed by atoms with Crippen molar-refractivity contribution in [1.29, 1.82) is 0 Å². The van der Waals surface area contributed by atoms with Crippen molar-refractivity contribution in [2.45, 2.75) is 67.8 Å². The predicted octanol–water partition coefficient (Wildman–Crippen LogP) is 2.18. The number of thioether (sulfide) groups is 1. The van der Waals surface area contributed by atoms with Crippen molar-refractivity contribution >= 4 is 23.6 Å². The van der Waals surface area contributed by atoms with Crippen molar-refractivity contribution in [2.24, 2.45) is 5.73 Å². The molecular weight excluding hydrogens is 348 g/mol. The number of carbonyl (C=O) groups is 2. The first-order chi connectivity index (χ1) is 12.5. The minimum atomic E-state index is -0.248. The maximum absolute atomic E-state index is 12.7. The first-order valence-electron chi connectivity index (χ1n) is 9.51. The predicted molar refractivity (Wildman–Crippen MR) is 103 cm³/mol. The van der Waals surface area contributed by atoms with Gasteiger partial charge in [-0.3, -0.25) is 9.59 Å². The minimum Gasteiger partial charge on any atom is -0.349 e. The van der Waals surface area contributed by atoms with Gasteiger partial charge < -0.3 is 16.0 Å². The highest BCUT2D eigenvalue weighted by Crippen LogP contribution is 2.27. The number of nitrogens with zero attached hydrogens (tertiary/aromatic N) is 2. The van der Waals surface area contributed by atoms with Crippen LogP contribution >= 0.6 is 11.8 Å². The second-order valence-electron chi connectivity index (χ2n) is 7.23. The second kappa shape index (κ2) is 8.86. The van der Waals surface area contributed by atoms with Crippen LogP contribution in [-0.2, 0) is 4.79 Å². The zero-order valence-electron chi connectivity index (χ0n) is 15.3. The molecule has 1 aliphatic carbocycles. The first kappa shape index (κ1) is 19.2. The summed E-state index contributed by atoms with van der Waals surface area (Å²) < 4.78 is 0. The van der Waals surface area contributed by atoms with E-state index in [9.17, 15) is 9.59 Å². The van der Waals surface area contributed by atoms with Crippen LogP contribution in [0.5, 0.6) is 0 Å². The van der Waals surface area contributed by atoms with E-state index in [0.29, 0.717) is 10.6 Å². The highest BCUT2D eigenvalue weighted by atomic mass is 32.2. The molecule has 1 saturated heterocycles. The quantitative estimate of drug-likeness (QED) is 0.769. The van der Waals surface area contributed by atoms with Gasteiger partial charge in [0.2, 0.25) is 5.91 Å². The molecule has 3 N–H and O–H groups in total. The number of aromatic nitrogens is 1. The van der Waals surface area contributed by atoms with Crippen molar-refractivity contribution in [2.75, 3.05) is 13.1 Å². The average molecular weight is 377 g/mol. The number of hydrogen-bond donors (Lipinski definition) is 2. The van der Waals surface area contributed by atoms with E-state index >= 15 is 0 Å². The maximum atomic E-state index is 12.7. The van der Waals surface area contributed by atoms with E-state index in [-0.39, 0.29) is 29.1 Å². The Labute approximate surface area is 159 Å². The summed E-state index contributed by atoms with van der Waals surface area (Å²) in [6.45, 7) is 3.57. The zero-order chi connectivity index (χ0) is 18.5. The number of carbonyl (C=O) groups excluding carboxylic acids is 2. The minimum absolute atomic E-state index is 0.109. The Balaban J connectivity index is 1.63. The number of likely N-dealkylation sites (tertiary alicyclic amines) is 1. The Hall–Kier alpha value is -1.60. The molecule has 0 aromatic carbocycles. The van der Waals surface area contributed by atoms with Gasteiger partial charge in [0.25, 0.3) is 5.91 Å². The summed E-state index contributed by atoms with van der Waals surface area (Å²) in [5.74, 6) is 0.0210. The fourth-order valence-corrected chi connectivity index (χ4v) is 4.59. The van der Waals surface area contributed by atoms with Crippen LogP contribution in [0.1, 0.15) is 55.8 Å². The van der Waals surface area contributed by atoms with Crippen molar-refractivity contribution in [3.8, 4) is 0 Å². The van der Waals surface area contributed by atoms with Crippen molar-refractivity contribution < 1.29 is 9.59 Å². The van der Waals surface area contributed by atoms with Crippen LogP contribution in [0.3, 0.4) is 0 Å². The third-order valence-corrected chi connectivity index (χ3v) is 6.28. The van der Waals surface area contributed by atoms with Crippen LogP contribution in [0, 0.1) is 0 Å². The zero-order valence-corrected chi connectivity index (χ0v) is 16.1. The molecule has 0 bridgehead atoms. The van der Waals surface area contributed by atoms with Gasteiger partial charge in [-0.05, 0) is 57.6 Å². The molecule has 2 amide bonds.